The summed E-state index contributed by atoms with van der Waals surface area (Å²) in [5.74, 6) is 0.375. The number of aryl methyl sites for hydroxylation is 1. The van der Waals surface area contributed by atoms with Crippen LogP contribution in [0.25, 0.3) is 6.08 Å². The third-order valence-electron chi connectivity index (χ3n) is 3.16. The van der Waals surface area contributed by atoms with Gasteiger partial charge in [-0.1, -0.05) is 38.8 Å². The van der Waals surface area contributed by atoms with Crippen LogP contribution >= 0.6 is 11.6 Å². The van der Waals surface area contributed by atoms with Crippen molar-refractivity contribution in [3.63, 3.8) is 0 Å². The second-order valence-corrected chi connectivity index (χ2v) is 6.26. The zero-order valence-corrected chi connectivity index (χ0v) is 14.4. The van der Waals surface area contributed by atoms with E-state index in [1.165, 1.54) is 6.08 Å². The highest BCUT2D eigenvalue weighted by molar-refractivity contribution is 6.31. The minimum absolute atomic E-state index is 0.0944. The maximum atomic E-state index is 11.8. The molecule has 21 heavy (non-hydrogen) atoms. The predicted molar refractivity (Wildman–Crippen MR) is 88.4 cm³/mol. The Hall–Kier alpha value is -1.29. The molecule has 1 heterocycles. The molecule has 118 valence electrons. The van der Waals surface area contributed by atoms with Crippen LogP contribution in [0.15, 0.2) is 6.08 Å². The van der Waals surface area contributed by atoms with Gasteiger partial charge < -0.3 is 5.32 Å². The smallest absolute Gasteiger partial charge is 0.244 e. The minimum Gasteiger partial charge on any atom is -0.350 e. The van der Waals surface area contributed by atoms with Crippen LogP contribution in [0.2, 0.25) is 5.15 Å². The van der Waals surface area contributed by atoms with Crippen molar-refractivity contribution >= 4 is 23.6 Å². The Bertz CT molecular complexity index is 506. The molecule has 5 heteroatoms. The average Bonchev–Trinajstić information content (AvgIpc) is 2.61. The van der Waals surface area contributed by atoms with Crippen LogP contribution in [-0.4, -0.2) is 21.7 Å². The van der Waals surface area contributed by atoms with Crippen molar-refractivity contribution in [2.75, 3.05) is 0 Å². The van der Waals surface area contributed by atoms with Gasteiger partial charge in [-0.2, -0.15) is 5.10 Å². The molecule has 0 aliphatic rings. The lowest BCUT2D eigenvalue weighted by Gasteiger charge is -2.10. The van der Waals surface area contributed by atoms with E-state index in [1.807, 2.05) is 13.8 Å². The van der Waals surface area contributed by atoms with E-state index in [2.05, 4.69) is 31.2 Å². The number of halogens is 1. The number of hydrogen-bond donors (Lipinski definition) is 1. The van der Waals surface area contributed by atoms with Crippen LogP contribution < -0.4 is 5.32 Å². The lowest BCUT2D eigenvalue weighted by Crippen LogP contribution is -2.30. The Labute approximate surface area is 132 Å². The molecule has 0 aliphatic carbocycles. The van der Waals surface area contributed by atoms with E-state index in [4.69, 9.17) is 11.6 Å². The molecular formula is C16H26ClN3O. The number of hydrogen-bond acceptors (Lipinski definition) is 2. The summed E-state index contributed by atoms with van der Waals surface area (Å²) in [5.41, 5.74) is 1.65. The molecule has 1 aromatic heterocycles. The normalized spacial score (nSPS) is 13.1. The molecule has 1 amide bonds. The van der Waals surface area contributed by atoms with Gasteiger partial charge in [0.2, 0.25) is 5.91 Å². The van der Waals surface area contributed by atoms with Crippen molar-refractivity contribution < 1.29 is 4.79 Å². The summed E-state index contributed by atoms with van der Waals surface area (Å²) >= 11 is 6.33. The molecular weight excluding hydrogens is 286 g/mol. The van der Waals surface area contributed by atoms with E-state index >= 15 is 0 Å². The minimum atomic E-state index is -0.0944. The lowest BCUT2D eigenvalue weighted by atomic mass is 10.2. The first-order chi connectivity index (χ1) is 9.85. The first kappa shape index (κ1) is 17.8. The van der Waals surface area contributed by atoms with Gasteiger partial charge >= 0.3 is 0 Å². The fourth-order valence-corrected chi connectivity index (χ4v) is 2.49. The summed E-state index contributed by atoms with van der Waals surface area (Å²) in [6, 6.07) is 0.187. The van der Waals surface area contributed by atoms with Crippen molar-refractivity contribution in [1.29, 1.82) is 0 Å². The van der Waals surface area contributed by atoms with E-state index in [0.717, 1.165) is 30.6 Å². The van der Waals surface area contributed by atoms with Gasteiger partial charge in [-0.25, -0.2) is 0 Å². The van der Waals surface area contributed by atoms with E-state index in [-0.39, 0.29) is 11.9 Å². The Morgan fingerprint density at radius 1 is 1.43 bits per heavy atom. The number of carbonyl (C=O) groups is 1. The van der Waals surface area contributed by atoms with E-state index in [0.29, 0.717) is 11.1 Å². The van der Waals surface area contributed by atoms with Crippen LogP contribution in [0, 0.1) is 12.8 Å². The zero-order chi connectivity index (χ0) is 16.0. The molecule has 0 spiro atoms. The average molecular weight is 312 g/mol. The molecule has 0 aromatic carbocycles. The Balaban J connectivity index is 2.76. The second kappa shape index (κ2) is 8.23. The second-order valence-electron chi connectivity index (χ2n) is 5.90. The zero-order valence-electron chi connectivity index (χ0n) is 13.6. The van der Waals surface area contributed by atoms with Gasteiger partial charge in [-0.05, 0) is 32.3 Å². The van der Waals surface area contributed by atoms with Crippen molar-refractivity contribution in [2.24, 2.45) is 5.92 Å². The van der Waals surface area contributed by atoms with Crippen LogP contribution in [0.5, 0.6) is 0 Å². The van der Waals surface area contributed by atoms with E-state index < -0.39 is 0 Å². The van der Waals surface area contributed by atoms with Crippen LogP contribution in [0.3, 0.4) is 0 Å². The molecule has 4 nitrogen and oxygen atoms in total. The third-order valence-corrected chi connectivity index (χ3v) is 3.56. The van der Waals surface area contributed by atoms with Crippen LogP contribution in [-0.2, 0) is 11.3 Å². The van der Waals surface area contributed by atoms with Gasteiger partial charge in [-0.3, -0.25) is 9.48 Å². The van der Waals surface area contributed by atoms with E-state index in [1.54, 1.807) is 10.8 Å². The highest BCUT2D eigenvalue weighted by atomic mass is 35.5. The van der Waals surface area contributed by atoms with Crippen LogP contribution in [0.1, 0.15) is 51.8 Å². The van der Waals surface area contributed by atoms with Crippen molar-refractivity contribution in [1.82, 2.24) is 15.1 Å². The molecule has 0 saturated carbocycles. The molecule has 1 aromatic rings. The van der Waals surface area contributed by atoms with Gasteiger partial charge in [0, 0.05) is 24.2 Å². The first-order valence-corrected chi connectivity index (χ1v) is 7.94. The number of amides is 1. The third kappa shape index (κ3) is 5.54. The molecule has 0 aliphatic heterocycles. The fraction of sp³-hybridized carbons (Fsp3) is 0.625. The molecule has 1 rings (SSSR count). The van der Waals surface area contributed by atoms with E-state index in [9.17, 15) is 4.79 Å². The summed E-state index contributed by atoms with van der Waals surface area (Å²) in [4.78, 5) is 11.8. The summed E-state index contributed by atoms with van der Waals surface area (Å²) in [6.45, 7) is 11.0. The quantitative estimate of drug-likeness (QED) is 0.778. The Kier molecular flexibility index (Phi) is 6.96. The molecule has 0 fully saturated rings. The van der Waals surface area contributed by atoms with Crippen molar-refractivity contribution in [3.05, 3.63) is 22.5 Å². The van der Waals surface area contributed by atoms with Gasteiger partial charge in [0.25, 0.3) is 0 Å². The molecule has 0 saturated heterocycles. The number of nitrogens with one attached hydrogen (secondary N) is 1. The highest BCUT2D eigenvalue weighted by Crippen LogP contribution is 2.22. The monoisotopic (exact) mass is 311 g/mol. The first-order valence-electron chi connectivity index (χ1n) is 7.56. The lowest BCUT2D eigenvalue weighted by molar-refractivity contribution is -0.117. The van der Waals surface area contributed by atoms with Crippen molar-refractivity contribution in [3.8, 4) is 0 Å². The summed E-state index contributed by atoms with van der Waals surface area (Å²) in [6.07, 6.45) is 5.31. The van der Waals surface area contributed by atoms with Gasteiger partial charge in [0.1, 0.15) is 5.15 Å². The Morgan fingerprint density at radius 3 is 2.67 bits per heavy atom. The molecule has 1 unspecified atom stereocenters. The van der Waals surface area contributed by atoms with Gasteiger partial charge in [0.15, 0.2) is 0 Å². The van der Waals surface area contributed by atoms with Crippen molar-refractivity contribution in [2.45, 2.75) is 60.0 Å². The number of aromatic nitrogens is 2. The fourth-order valence-electron chi connectivity index (χ4n) is 2.18. The maximum absolute atomic E-state index is 11.8. The number of nitrogens with zero attached hydrogens (tertiary/aromatic N) is 2. The maximum Gasteiger partial charge on any atom is 0.244 e. The Morgan fingerprint density at radius 2 is 2.10 bits per heavy atom. The SMILES string of the molecule is CCCC(C)NC(=O)/C=C/c1c(C)nn(CC(C)C)c1Cl. The molecule has 1 atom stereocenters. The van der Waals surface area contributed by atoms with Gasteiger partial charge in [0.05, 0.1) is 5.69 Å². The predicted octanol–water partition coefficient (Wildman–Crippen LogP) is 3.82. The van der Waals surface area contributed by atoms with Gasteiger partial charge in [-0.15, -0.1) is 0 Å². The summed E-state index contributed by atoms with van der Waals surface area (Å²) < 4.78 is 1.79. The standard InChI is InChI=1S/C16H26ClN3O/c1-6-7-12(4)18-15(21)9-8-14-13(5)19-20(16(14)17)10-11(2)3/h8-9,11-12H,6-7,10H2,1-5H3,(H,18,21)/b9-8+. The molecule has 0 radical (unpaired) electrons. The molecule has 0 bridgehead atoms. The number of rotatable bonds is 7. The summed E-state index contributed by atoms with van der Waals surface area (Å²) in [5, 5.41) is 7.94. The number of carbonyl (C=O) groups excluding carboxylic acids is 1. The molecule has 1 N–H and O–H groups in total. The topological polar surface area (TPSA) is 46.9 Å². The van der Waals surface area contributed by atoms with Crippen LogP contribution in [0.4, 0.5) is 0 Å². The highest BCUT2D eigenvalue weighted by Gasteiger charge is 2.12. The summed E-state index contributed by atoms with van der Waals surface area (Å²) in [7, 11) is 0. The largest absolute Gasteiger partial charge is 0.350 e.